The van der Waals surface area contributed by atoms with Crippen LogP contribution in [0.1, 0.15) is 0 Å². The summed E-state index contributed by atoms with van der Waals surface area (Å²) >= 11 is 0. The maximum absolute atomic E-state index is 10.3. The second-order valence-corrected chi connectivity index (χ2v) is 1.49. The Morgan fingerprint density at radius 1 is 1.78 bits per heavy atom. The van der Waals surface area contributed by atoms with Crippen LogP contribution in [0.4, 0.5) is 0 Å². The van der Waals surface area contributed by atoms with Crippen LogP contribution in [0, 0.1) is 0 Å². The van der Waals surface area contributed by atoms with E-state index in [4.69, 9.17) is 0 Å². The van der Waals surface area contributed by atoms with Crippen molar-refractivity contribution in [2.24, 2.45) is 0 Å². The number of cyclic esters (lactones) is 1. The summed E-state index contributed by atoms with van der Waals surface area (Å²) in [6, 6.07) is 0. The summed E-state index contributed by atoms with van der Waals surface area (Å²) in [5, 5.41) is 1.12. The number of hydrogen-bond acceptors (Lipinski definition) is 5. The summed E-state index contributed by atoms with van der Waals surface area (Å²) in [5.41, 5.74) is 0. The SMILES string of the molecule is O=CON1COC(=O)C1. The second kappa shape index (κ2) is 2.45. The molecule has 1 rings (SSSR count). The van der Waals surface area contributed by atoms with Gasteiger partial charge in [0.1, 0.15) is 6.54 Å². The molecule has 0 aliphatic carbocycles. The fourth-order valence-corrected chi connectivity index (χ4v) is 0.508. The van der Waals surface area contributed by atoms with Crippen LogP contribution in [0.5, 0.6) is 0 Å². The first-order valence-electron chi connectivity index (χ1n) is 2.34. The predicted octanol–water partition coefficient (Wildman–Crippen LogP) is -1.11. The minimum atomic E-state index is -0.378. The molecule has 0 bridgehead atoms. The molecule has 0 N–H and O–H groups in total. The third-order valence-corrected chi connectivity index (χ3v) is 0.867. The summed E-state index contributed by atoms with van der Waals surface area (Å²) in [7, 11) is 0. The van der Waals surface area contributed by atoms with Gasteiger partial charge in [-0.05, 0) is 0 Å². The van der Waals surface area contributed by atoms with Crippen molar-refractivity contribution in [1.82, 2.24) is 5.06 Å². The standard InChI is InChI=1S/C4H5NO4/c6-3-9-5-1-4(7)8-2-5/h3H,1-2H2. The second-order valence-electron chi connectivity index (χ2n) is 1.49. The minimum Gasteiger partial charge on any atom is -0.445 e. The molecule has 0 radical (unpaired) electrons. The number of nitrogens with zero attached hydrogens (tertiary/aromatic N) is 1. The van der Waals surface area contributed by atoms with Gasteiger partial charge in [0, 0.05) is 0 Å². The van der Waals surface area contributed by atoms with Gasteiger partial charge in [-0.25, -0.2) is 0 Å². The van der Waals surface area contributed by atoms with E-state index < -0.39 is 0 Å². The zero-order chi connectivity index (χ0) is 6.69. The van der Waals surface area contributed by atoms with Crippen LogP contribution in [-0.2, 0) is 19.2 Å². The molecule has 1 aliphatic rings. The Morgan fingerprint density at radius 2 is 2.56 bits per heavy atom. The van der Waals surface area contributed by atoms with Crippen LogP contribution in [0.25, 0.3) is 0 Å². The van der Waals surface area contributed by atoms with Crippen molar-refractivity contribution >= 4 is 12.4 Å². The highest BCUT2D eigenvalue weighted by molar-refractivity contribution is 5.72. The first-order valence-corrected chi connectivity index (χ1v) is 2.34. The summed E-state index contributed by atoms with van der Waals surface area (Å²) in [4.78, 5) is 24.2. The number of hydrogen-bond donors (Lipinski definition) is 0. The van der Waals surface area contributed by atoms with Crippen molar-refractivity contribution in [1.29, 1.82) is 0 Å². The van der Waals surface area contributed by atoms with Crippen LogP contribution in [0.3, 0.4) is 0 Å². The van der Waals surface area contributed by atoms with Crippen molar-refractivity contribution in [2.75, 3.05) is 13.3 Å². The lowest BCUT2D eigenvalue weighted by Crippen LogP contribution is -2.20. The molecule has 0 spiro atoms. The molecule has 1 heterocycles. The van der Waals surface area contributed by atoms with Crippen molar-refractivity contribution in [3.63, 3.8) is 0 Å². The molecule has 50 valence electrons. The Hall–Kier alpha value is -1.10. The lowest BCUT2D eigenvalue weighted by atomic mass is 10.7. The van der Waals surface area contributed by atoms with Gasteiger partial charge in [0.25, 0.3) is 0 Å². The maximum Gasteiger partial charge on any atom is 0.325 e. The molecule has 9 heavy (non-hydrogen) atoms. The highest BCUT2D eigenvalue weighted by Crippen LogP contribution is 1.98. The van der Waals surface area contributed by atoms with Gasteiger partial charge in [0.2, 0.25) is 0 Å². The average Bonchev–Trinajstić information content (AvgIpc) is 2.17. The number of carbonyl (C=O) groups is 2. The van der Waals surface area contributed by atoms with Gasteiger partial charge in [-0.1, -0.05) is 5.06 Å². The van der Waals surface area contributed by atoms with Gasteiger partial charge < -0.3 is 9.57 Å². The molecular weight excluding hydrogens is 126 g/mol. The molecule has 1 fully saturated rings. The highest BCUT2D eigenvalue weighted by Gasteiger charge is 2.21. The minimum absolute atomic E-state index is 0.0265. The molecule has 0 aromatic carbocycles. The van der Waals surface area contributed by atoms with Gasteiger partial charge in [-0.3, -0.25) is 9.59 Å². The Kier molecular flexibility index (Phi) is 1.64. The molecule has 0 amide bonds. The molecule has 1 saturated heterocycles. The smallest absolute Gasteiger partial charge is 0.325 e. The number of esters is 1. The van der Waals surface area contributed by atoms with Gasteiger partial charge in [-0.15, -0.1) is 0 Å². The van der Waals surface area contributed by atoms with Gasteiger partial charge in [0.05, 0.1) is 0 Å². The summed E-state index contributed by atoms with van der Waals surface area (Å²) < 4.78 is 4.42. The summed E-state index contributed by atoms with van der Waals surface area (Å²) in [5.74, 6) is -0.378. The average molecular weight is 131 g/mol. The van der Waals surface area contributed by atoms with Gasteiger partial charge >= 0.3 is 12.4 Å². The van der Waals surface area contributed by atoms with E-state index in [-0.39, 0.29) is 25.7 Å². The predicted molar refractivity (Wildman–Crippen MR) is 24.8 cm³/mol. The third kappa shape index (κ3) is 1.39. The topological polar surface area (TPSA) is 55.8 Å². The first-order chi connectivity index (χ1) is 4.33. The van der Waals surface area contributed by atoms with E-state index in [0.717, 1.165) is 5.06 Å². The normalized spacial score (nSPS) is 19.3. The van der Waals surface area contributed by atoms with E-state index in [9.17, 15) is 9.59 Å². The van der Waals surface area contributed by atoms with Crippen molar-refractivity contribution < 1.29 is 19.2 Å². The number of rotatable bonds is 2. The maximum atomic E-state index is 10.3. The number of ether oxygens (including phenoxy) is 1. The van der Waals surface area contributed by atoms with Crippen molar-refractivity contribution in [2.45, 2.75) is 0 Å². The zero-order valence-corrected chi connectivity index (χ0v) is 4.57. The summed E-state index contributed by atoms with van der Waals surface area (Å²) in [6.07, 6.45) is 0. The zero-order valence-electron chi connectivity index (χ0n) is 4.57. The van der Waals surface area contributed by atoms with Crippen LogP contribution < -0.4 is 0 Å². The highest BCUT2D eigenvalue weighted by atomic mass is 16.7. The molecule has 0 atom stereocenters. The molecule has 5 nitrogen and oxygen atoms in total. The fraction of sp³-hybridized carbons (Fsp3) is 0.500. The van der Waals surface area contributed by atoms with Crippen LogP contribution >= 0.6 is 0 Å². The molecule has 0 unspecified atom stereocenters. The van der Waals surface area contributed by atoms with E-state index in [0.29, 0.717) is 0 Å². The van der Waals surface area contributed by atoms with E-state index >= 15 is 0 Å². The van der Waals surface area contributed by atoms with E-state index in [1.165, 1.54) is 0 Å². The largest absolute Gasteiger partial charge is 0.445 e. The van der Waals surface area contributed by atoms with Crippen LogP contribution in [0.2, 0.25) is 0 Å². The molecular formula is C4H5NO4. The molecule has 0 aromatic heterocycles. The van der Waals surface area contributed by atoms with Gasteiger partial charge in [-0.2, -0.15) is 0 Å². The van der Waals surface area contributed by atoms with Crippen molar-refractivity contribution in [3.8, 4) is 0 Å². The third-order valence-electron chi connectivity index (χ3n) is 0.867. The lowest BCUT2D eigenvalue weighted by Gasteiger charge is -2.03. The fourth-order valence-electron chi connectivity index (χ4n) is 0.508. The van der Waals surface area contributed by atoms with E-state index in [1.54, 1.807) is 0 Å². The van der Waals surface area contributed by atoms with Gasteiger partial charge in [0.15, 0.2) is 6.73 Å². The van der Waals surface area contributed by atoms with Crippen LogP contribution in [-0.4, -0.2) is 30.8 Å². The number of carbonyl (C=O) groups excluding carboxylic acids is 2. The molecule has 1 aliphatic heterocycles. The van der Waals surface area contributed by atoms with Crippen LogP contribution in [0.15, 0.2) is 0 Å². The monoisotopic (exact) mass is 131 g/mol. The number of hydroxylamine groups is 2. The Bertz CT molecular complexity index is 135. The Labute approximate surface area is 51.1 Å². The van der Waals surface area contributed by atoms with Crippen molar-refractivity contribution in [3.05, 3.63) is 0 Å². The Balaban J connectivity index is 2.29. The van der Waals surface area contributed by atoms with E-state index in [1.807, 2.05) is 0 Å². The molecule has 0 aromatic rings. The summed E-state index contributed by atoms with van der Waals surface area (Å²) in [6.45, 7) is 0.318. The molecule has 5 heteroatoms. The molecule has 0 saturated carbocycles. The van der Waals surface area contributed by atoms with E-state index in [2.05, 4.69) is 9.57 Å². The first kappa shape index (κ1) is 6.03. The lowest BCUT2D eigenvalue weighted by molar-refractivity contribution is -0.175. The Morgan fingerprint density at radius 3 is 3.00 bits per heavy atom. The quantitative estimate of drug-likeness (QED) is 0.351.